The molecule has 0 aromatic rings. The fourth-order valence-electron chi connectivity index (χ4n) is 3.32. The molecule has 1 heterocycles. The average Bonchev–Trinajstić information content (AvgIpc) is 2.36. The van der Waals surface area contributed by atoms with Crippen molar-refractivity contribution < 1.29 is 18.3 Å². The van der Waals surface area contributed by atoms with E-state index in [0.29, 0.717) is 13.1 Å². The number of hydrogen-bond acceptors (Lipinski definition) is 3. The normalized spacial score (nSPS) is 23.7. The maximum Gasteiger partial charge on any atom is 0.390 e. The lowest BCUT2D eigenvalue weighted by Gasteiger charge is -2.40. The van der Waals surface area contributed by atoms with E-state index in [1.54, 1.807) is 0 Å². The summed E-state index contributed by atoms with van der Waals surface area (Å²) in [6.45, 7) is 5.19. The molecule has 22 heavy (non-hydrogen) atoms. The van der Waals surface area contributed by atoms with Crippen molar-refractivity contribution in [2.24, 2.45) is 5.92 Å². The zero-order valence-corrected chi connectivity index (χ0v) is 13.5. The van der Waals surface area contributed by atoms with Crippen LogP contribution < -0.4 is 0 Å². The molecule has 2 fully saturated rings. The quantitative estimate of drug-likeness (QED) is 0.781. The van der Waals surface area contributed by atoms with Crippen molar-refractivity contribution in [1.82, 2.24) is 9.80 Å². The Morgan fingerprint density at radius 3 is 2.32 bits per heavy atom. The third-order valence-electron chi connectivity index (χ3n) is 5.06. The summed E-state index contributed by atoms with van der Waals surface area (Å²) in [5.74, 6) is 0.742. The zero-order chi connectivity index (χ0) is 16.2. The summed E-state index contributed by atoms with van der Waals surface area (Å²) in [6, 6.07) is 0.235. The molecule has 6 heteroatoms. The molecule has 0 aromatic carbocycles. The summed E-state index contributed by atoms with van der Waals surface area (Å²) in [7, 11) is 0. The first-order chi connectivity index (χ1) is 10.3. The molecule has 1 saturated heterocycles. The van der Waals surface area contributed by atoms with E-state index in [0.717, 1.165) is 51.1 Å². The number of hydrogen-bond donors (Lipinski definition) is 1. The highest BCUT2D eigenvalue weighted by molar-refractivity contribution is 4.83. The lowest BCUT2D eigenvalue weighted by Crippen LogP contribution is -2.48. The first-order valence-corrected chi connectivity index (χ1v) is 8.54. The molecule has 2 rings (SSSR count). The number of rotatable bonds is 7. The van der Waals surface area contributed by atoms with Crippen molar-refractivity contribution >= 4 is 0 Å². The standard InChI is InChI=1S/C16H29F3N2O/c1-13-5-8-20(9-6-13)11-15(22)12-21(14-3-2-4-14)10-7-16(17,18)19/h13-15,22H,2-12H2,1H3. The Balaban J connectivity index is 1.76. The van der Waals surface area contributed by atoms with Crippen LogP contribution in [0.25, 0.3) is 0 Å². The zero-order valence-electron chi connectivity index (χ0n) is 13.5. The third kappa shape index (κ3) is 6.05. The van der Waals surface area contributed by atoms with Crippen LogP contribution in [0.3, 0.4) is 0 Å². The van der Waals surface area contributed by atoms with E-state index in [9.17, 15) is 18.3 Å². The number of aliphatic hydroxyl groups is 1. The van der Waals surface area contributed by atoms with E-state index in [4.69, 9.17) is 0 Å². The smallest absolute Gasteiger partial charge is 0.390 e. The number of halogens is 3. The minimum absolute atomic E-state index is 0.0161. The van der Waals surface area contributed by atoms with Gasteiger partial charge in [-0.05, 0) is 44.7 Å². The maximum absolute atomic E-state index is 12.5. The number of β-amino-alcohol motifs (C(OH)–C–C–N with tert-alkyl or cyclic N) is 1. The fourth-order valence-corrected chi connectivity index (χ4v) is 3.32. The lowest BCUT2D eigenvalue weighted by atomic mass is 9.91. The summed E-state index contributed by atoms with van der Waals surface area (Å²) in [6.07, 6.45) is -0.138. The lowest BCUT2D eigenvalue weighted by molar-refractivity contribution is -0.141. The van der Waals surface area contributed by atoms with Crippen molar-refractivity contribution in [3.63, 3.8) is 0 Å². The summed E-state index contributed by atoms with van der Waals surface area (Å²) < 4.78 is 37.4. The van der Waals surface area contributed by atoms with Crippen molar-refractivity contribution in [3.05, 3.63) is 0 Å². The SMILES string of the molecule is CC1CCN(CC(O)CN(CCC(F)(F)F)C2CCC2)CC1. The Morgan fingerprint density at radius 1 is 1.18 bits per heavy atom. The Morgan fingerprint density at radius 2 is 1.82 bits per heavy atom. The highest BCUT2D eigenvalue weighted by Crippen LogP contribution is 2.28. The van der Waals surface area contributed by atoms with E-state index >= 15 is 0 Å². The second-order valence-corrected chi connectivity index (χ2v) is 7.08. The van der Waals surface area contributed by atoms with Crippen molar-refractivity contribution in [2.75, 3.05) is 32.7 Å². The van der Waals surface area contributed by atoms with Gasteiger partial charge in [0.1, 0.15) is 0 Å². The van der Waals surface area contributed by atoms with Gasteiger partial charge in [0.05, 0.1) is 12.5 Å². The Hall–Kier alpha value is -0.330. The van der Waals surface area contributed by atoms with Crippen LogP contribution in [0.4, 0.5) is 13.2 Å². The Labute approximate surface area is 131 Å². The van der Waals surface area contributed by atoms with Crippen LogP contribution in [0.5, 0.6) is 0 Å². The molecule has 0 aromatic heterocycles. The van der Waals surface area contributed by atoms with Crippen molar-refractivity contribution in [2.45, 2.75) is 63.8 Å². The van der Waals surface area contributed by atoms with Gasteiger partial charge in [0.2, 0.25) is 0 Å². The molecule has 1 aliphatic heterocycles. The number of nitrogens with zero attached hydrogens (tertiary/aromatic N) is 2. The first-order valence-electron chi connectivity index (χ1n) is 8.54. The van der Waals surface area contributed by atoms with Gasteiger partial charge in [-0.1, -0.05) is 13.3 Å². The first kappa shape index (κ1) is 18.0. The van der Waals surface area contributed by atoms with Gasteiger partial charge in [0.15, 0.2) is 0 Å². The monoisotopic (exact) mass is 322 g/mol. The molecule has 0 spiro atoms. The molecule has 1 unspecified atom stereocenters. The van der Waals surface area contributed by atoms with E-state index in [-0.39, 0.29) is 12.6 Å². The van der Waals surface area contributed by atoms with Crippen LogP contribution >= 0.6 is 0 Å². The summed E-state index contributed by atoms with van der Waals surface area (Å²) in [4.78, 5) is 4.10. The number of aliphatic hydroxyl groups excluding tert-OH is 1. The van der Waals surface area contributed by atoms with Crippen LogP contribution in [0.15, 0.2) is 0 Å². The van der Waals surface area contributed by atoms with Gasteiger partial charge in [0, 0.05) is 25.7 Å². The molecule has 3 nitrogen and oxygen atoms in total. The summed E-state index contributed by atoms with van der Waals surface area (Å²) in [5.41, 5.74) is 0. The van der Waals surface area contributed by atoms with Gasteiger partial charge in [-0.25, -0.2) is 0 Å². The van der Waals surface area contributed by atoms with E-state index in [1.165, 1.54) is 0 Å². The molecule has 0 bridgehead atoms. The molecule has 2 aliphatic rings. The predicted octanol–water partition coefficient (Wildman–Crippen LogP) is 2.89. The highest BCUT2D eigenvalue weighted by atomic mass is 19.4. The van der Waals surface area contributed by atoms with Gasteiger partial charge in [-0.15, -0.1) is 0 Å². The average molecular weight is 322 g/mol. The molecule has 1 saturated carbocycles. The number of alkyl halides is 3. The van der Waals surface area contributed by atoms with E-state index in [1.807, 2.05) is 4.90 Å². The topological polar surface area (TPSA) is 26.7 Å². The third-order valence-corrected chi connectivity index (χ3v) is 5.06. The highest BCUT2D eigenvalue weighted by Gasteiger charge is 2.32. The number of piperidine rings is 1. The van der Waals surface area contributed by atoms with Crippen LogP contribution in [0, 0.1) is 5.92 Å². The maximum atomic E-state index is 12.5. The second-order valence-electron chi connectivity index (χ2n) is 7.08. The molecule has 0 radical (unpaired) electrons. The van der Waals surface area contributed by atoms with Crippen LogP contribution in [0.2, 0.25) is 0 Å². The predicted molar refractivity (Wildman–Crippen MR) is 80.7 cm³/mol. The van der Waals surface area contributed by atoms with Gasteiger partial charge in [-0.3, -0.25) is 4.90 Å². The summed E-state index contributed by atoms with van der Waals surface area (Å²) >= 11 is 0. The fraction of sp³-hybridized carbons (Fsp3) is 1.00. The minimum Gasteiger partial charge on any atom is -0.390 e. The van der Waals surface area contributed by atoms with Gasteiger partial charge in [-0.2, -0.15) is 13.2 Å². The molecule has 130 valence electrons. The van der Waals surface area contributed by atoms with Crippen molar-refractivity contribution in [3.8, 4) is 0 Å². The molecule has 0 amide bonds. The largest absolute Gasteiger partial charge is 0.390 e. The molecular weight excluding hydrogens is 293 g/mol. The second kappa shape index (κ2) is 7.97. The van der Waals surface area contributed by atoms with Crippen LogP contribution in [-0.2, 0) is 0 Å². The number of likely N-dealkylation sites (tertiary alicyclic amines) is 1. The Bertz CT molecular complexity index is 326. The molecule has 1 aliphatic carbocycles. The van der Waals surface area contributed by atoms with Crippen LogP contribution in [-0.4, -0.2) is 66.0 Å². The van der Waals surface area contributed by atoms with Gasteiger partial charge < -0.3 is 10.0 Å². The molecular formula is C16H29F3N2O. The molecule has 1 N–H and O–H groups in total. The molecule has 1 atom stereocenters. The van der Waals surface area contributed by atoms with Gasteiger partial charge in [0.25, 0.3) is 0 Å². The van der Waals surface area contributed by atoms with Gasteiger partial charge >= 0.3 is 6.18 Å². The van der Waals surface area contributed by atoms with E-state index in [2.05, 4.69) is 11.8 Å². The van der Waals surface area contributed by atoms with Crippen molar-refractivity contribution in [1.29, 1.82) is 0 Å². The van der Waals surface area contributed by atoms with Crippen LogP contribution in [0.1, 0.15) is 45.4 Å². The Kier molecular flexibility index (Phi) is 6.53. The summed E-state index contributed by atoms with van der Waals surface area (Å²) in [5, 5.41) is 10.3. The minimum atomic E-state index is -4.12. The van der Waals surface area contributed by atoms with E-state index < -0.39 is 18.7 Å².